The molecule has 2 nitrogen and oxygen atoms in total. The normalized spacial score (nSPS) is 36.8. The first-order valence-corrected chi connectivity index (χ1v) is 6.49. The second kappa shape index (κ2) is 4.09. The van der Waals surface area contributed by atoms with E-state index in [-0.39, 0.29) is 10.8 Å². The highest BCUT2D eigenvalue weighted by atomic mass is 19.3. The first-order chi connectivity index (χ1) is 8.52. The lowest BCUT2D eigenvalue weighted by molar-refractivity contribution is -0.172. The van der Waals surface area contributed by atoms with Gasteiger partial charge in [-0.15, -0.1) is 0 Å². The maximum Gasteiger partial charge on any atom is 0.383 e. The van der Waals surface area contributed by atoms with E-state index < -0.39 is 24.3 Å². The molecule has 2 aliphatic rings. The zero-order chi connectivity index (χ0) is 14.6. The average Bonchev–Trinajstić information content (AvgIpc) is 2.75. The molecule has 2 rings (SSSR count). The second-order valence-corrected chi connectivity index (χ2v) is 6.75. The summed E-state index contributed by atoms with van der Waals surface area (Å²) < 4.78 is 50.5. The van der Waals surface area contributed by atoms with Crippen LogP contribution in [0, 0.1) is 16.7 Å². The van der Waals surface area contributed by atoms with Crippen LogP contribution >= 0.6 is 0 Å². The number of rotatable bonds is 3. The number of amides is 1. The molecule has 1 amide bonds. The zero-order valence-corrected chi connectivity index (χ0v) is 11.3. The first kappa shape index (κ1) is 14.6. The Morgan fingerprint density at radius 1 is 1.32 bits per heavy atom. The van der Waals surface area contributed by atoms with Crippen LogP contribution in [0.4, 0.5) is 17.6 Å². The van der Waals surface area contributed by atoms with Crippen molar-refractivity contribution in [1.82, 2.24) is 5.32 Å². The third-order valence-electron chi connectivity index (χ3n) is 5.12. The van der Waals surface area contributed by atoms with Crippen molar-refractivity contribution in [3.05, 3.63) is 0 Å². The summed E-state index contributed by atoms with van der Waals surface area (Å²) in [7, 11) is 0. The van der Waals surface area contributed by atoms with Gasteiger partial charge in [0, 0.05) is 6.04 Å². The van der Waals surface area contributed by atoms with Gasteiger partial charge in [-0.3, -0.25) is 4.79 Å². The van der Waals surface area contributed by atoms with Crippen molar-refractivity contribution in [3.63, 3.8) is 0 Å². The van der Waals surface area contributed by atoms with Crippen LogP contribution in [0.25, 0.3) is 0 Å². The summed E-state index contributed by atoms with van der Waals surface area (Å²) in [6, 6.07) is -0.476. The molecule has 0 aliphatic heterocycles. The summed E-state index contributed by atoms with van der Waals surface area (Å²) >= 11 is 0. The second-order valence-electron chi connectivity index (χ2n) is 6.75. The molecular weight excluding hydrogens is 262 g/mol. The standard InChI is InChI=1S/C13H19F4NO/c1-11(2)7-4-5-12(3,6-7)8(11)18-10(19)13(16,17)9(14)15/h7-9H,4-6H2,1-3H3,(H,18,19). The van der Waals surface area contributed by atoms with Crippen LogP contribution in [-0.4, -0.2) is 24.3 Å². The maximum atomic E-state index is 13.1. The minimum atomic E-state index is -4.62. The van der Waals surface area contributed by atoms with Gasteiger partial charge in [0.1, 0.15) is 0 Å². The molecular formula is C13H19F4NO. The van der Waals surface area contributed by atoms with Crippen molar-refractivity contribution in [1.29, 1.82) is 0 Å². The van der Waals surface area contributed by atoms with E-state index in [0.717, 1.165) is 19.3 Å². The van der Waals surface area contributed by atoms with Gasteiger partial charge >= 0.3 is 12.3 Å². The van der Waals surface area contributed by atoms with E-state index in [1.165, 1.54) is 0 Å². The summed E-state index contributed by atoms with van der Waals surface area (Å²) in [6.45, 7) is 5.76. The van der Waals surface area contributed by atoms with Crippen molar-refractivity contribution in [2.75, 3.05) is 0 Å². The Hall–Kier alpha value is -0.810. The predicted molar refractivity (Wildman–Crippen MR) is 62.1 cm³/mol. The quantitative estimate of drug-likeness (QED) is 0.791. The van der Waals surface area contributed by atoms with E-state index in [2.05, 4.69) is 5.32 Å². The minimum Gasteiger partial charge on any atom is -0.347 e. The summed E-state index contributed by atoms with van der Waals surface area (Å²) in [5.74, 6) is -6.12. The molecule has 0 heterocycles. The van der Waals surface area contributed by atoms with Crippen molar-refractivity contribution >= 4 is 5.91 Å². The van der Waals surface area contributed by atoms with Crippen molar-refractivity contribution < 1.29 is 22.4 Å². The minimum absolute atomic E-state index is 0.262. The summed E-state index contributed by atoms with van der Waals surface area (Å²) in [5.41, 5.74) is -0.594. The van der Waals surface area contributed by atoms with Crippen molar-refractivity contribution in [2.24, 2.45) is 16.7 Å². The molecule has 2 bridgehead atoms. The largest absolute Gasteiger partial charge is 0.383 e. The van der Waals surface area contributed by atoms with Crippen LogP contribution in [0.1, 0.15) is 40.0 Å². The van der Waals surface area contributed by atoms with Crippen molar-refractivity contribution in [2.45, 2.75) is 58.4 Å². The number of carbonyl (C=O) groups is 1. The number of halogens is 4. The molecule has 3 unspecified atom stereocenters. The Labute approximate surface area is 109 Å². The third kappa shape index (κ3) is 2.03. The van der Waals surface area contributed by atoms with Gasteiger partial charge in [0.15, 0.2) is 0 Å². The molecule has 0 saturated heterocycles. The fourth-order valence-corrected chi connectivity index (χ4v) is 3.99. The van der Waals surface area contributed by atoms with Crippen LogP contribution in [0.5, 0.6) is 0 Å². The van der Waals surface area contributed by atoms with Gasteiger partial charge in [0.05, 0.1) is 0 Å². The van der Waals surface area contributed by atoms with E-state index in [1.807, 2.05) is 20.8 Å². The highest BCUT2D eigenvalue weighted by molar-refractivity contribution is 5.84. The molecule has 0 radical (unpaired) electrons. The Morgan fingerprint density at radius 2 is 1.89 bits per heavy atom. The molecule has 0 aromatic carbocycles. The van der Waals surface area contributed by atoms with Crippen LogP contribution in [0.3, 0.4) is 0 Å². The number of alkyl halides is 4. The molecule has 19 heavy (non-hydrogen) atoms. The van der Waals surface area contributed by atoms with E-state index in [1.54, 1.807) is 0 Å². The van der Waals surface area contributed by atoms with E-state index in [0.29, 0.717) is 5.92 Å². The molecule has 2 saturated carbocycles. The van der Waals surface area contributed by atoms with Crippen LogP contribution in [0.15, 0.2) is 0 Å². The van der Waals surface area contributed by atoms with Gasteiger partial charge in [-0.2, -0.15) is 8.78 Å². The molecule has 6 heteroatoms. The van der Waals surface area contributed by atoms with E-state index >= 15 is 0 Å². The fraction of sp³-hybridized carbons (Fsp3) is 0.923. The van der Waals surface area contributed by atoms with Gasteiger partial charge in [-0.25, -0.2) is 8.78 Å². The molecule has 0 spiro atoms. The van der Waals surface area contributed by atoms with E-state index in [9.17, 15) is 22.4 Å². The van der Waals surface area contributed by atoms with Crippen LogP contribution in [-0.2, 0) is 4.79 Å². The SMILES string of the molecule is CC12CCC(C1)C(C)(C)C2NC(=O)C(F)(F)C(F)F. The monoisotopic (exact) mass is 281 g/mol. The molecule has 2 aliphatic carbocycles. The number of nitrogens with one attached hydrogen (secondary N) is 1. The highest BCUT2D eigenvalue weighted by Gasteiger charge is 2.61. The summed E-state index contributed by atoms with van der Waals surface area (Å²) in [5, 5.41) is 2.19. The fourth-order valence-electron chi connectivity index (χ4n) is 3.99. The smallest absolute Gasteiger partial charge is 0.347 e. The average molecular weight is 281 g/mol. The number of hydrogen-bond donors (Lipinski definition) is 1. The highest BCUT2D eigenvalue weighted by Crippen LogP contribution is 2.62. The number of hydrogen-bond acceptors (Lipinski definition) is 1. The van der Waals surface area contributed by atoms with Crippen LogP contribution < -0.4 is 5.32 Å². The molecule has 2 fully saturated rings. The zero-order valence-electron chi connectivity index (χ0n) is 11.3. The topological polar surface area (TPSA) is 29.1 Å². The van der Waals surface area contributed by atoms with Gasteiger partial charge < -0.3 is 5.32 Å². The lowest BCUT2D eigenvalue weighted by Crippen LogP contribution is -2.57. The molecule has 1 N–H and O–H groups in total. The van der Waals surface area contributed by atoms with Gasteiger partial charge in [0.2, 0.25) is 0 Å². The first-order valence-electron chi connectivity index (χ1n) is 6.49. The maximum absolute atomic E-state index is 13.1. The number of carbonyl (C=O) groups excluding carboxylic acids is 1. The lowest BCUT2D eigenvalue weighted by Gasteiger charge is -2.43. The summed E-state index contributed by atoms with van der Waals surface area (Å²) in [4.78, 5) is 11.4. The lowest BCUT2D eigenvalue weighted by atomic mass is 9.68. The molecule has 0 aromatic heterocycles. The number of fused-ring (bicyclic) bond motifs is 2. The third-order valence-corrected chi connectivity index (χ3v) is 5.12. The Morgan fingerprint density at radius 3 is 2.32 bits per heavy atom. The Bertz CT molecular complexity index is 391. The Kier molecular flexibility index (Phi) is 3.14. The van der Waals surface area contributed by atoms with Crippen molar-refractivity contribution in [3.8, 4) is 0 Å². The van der Waals surface area contributed by atoms with Crippen LogP contribution in [0.2, 0.25) is 0 Å². The Balaban J connectivity index is 2.18. The molecule has 3 atom stereocenters. The van der Waals surface area contributed by atoms with E-state index in [4.69, 9.17) is 0 Å². The van der Waals surface area contributed by atoms with Gasteiger partial charge in [-0.05, 0) is 36.0 Å². The molecule has 0 aromatic rings. The predicted octanol–water partition coefficient (Wildman–Crippen LogP) is 3.22. The summed E-state index contributed by atoms with van der Waals surface area (Å²) in [6.07, 6.45) is -1.28. The molecule has 110 valence electrons. The van der Waals surface area contributed by atoms with Gasteiger partial charge in [-0.1, -0.05) is 20.8 Å². The van der Waals surface area contributed by atoms with Gasteiger partial charge in [0.25, 0.3) is 5.91 Å².